The van der Waals surface area contributed by atoms with Gasteiger partial charge in [0.15, 0.2) is 0 Å². The molecule has 98 valence electrons. The number of rotatable bonds is 2. The van der Waals surface area contributed by atoms with Gasteiger partial charge in [0.1, 0.15) is 0 Å². The Labute approximate surface area is 120 Å². The fourth-order valence-corrected chi connectivity index (χ4v) is 3.49. The number of benzene rings is 2. The maximum absolute atomic E-state index is 2.35. The van der Waals surface area contributed by atoms with Gasteiger partial charge in [-0.2, -0.15) is 0 Å². The van der Waals surface area contributed by atoms with Crippen molar-refractivity contribution in [1.82, 2.24) is 0 Å². The van der Waals surface area contributed by atoms with Gasteiger partial charge in [0.25, 0.3) is 0 Å². The van der Waals surface area contributed by atoms with Crippen LogP contribution in [-0.2, 0) is 6.42 Å². The van der Waals surface area contributed by atoms with Crippen molar-refractivity contribution in [3.8, 4) is 0 Å². The minimum atomic E-state index is 0.530. The van der Waals surface area contributed by atoms with Gasteiger partial charge in [0.05, 0.1) is 0 Å². The third kappa shape index (κ3) is 1.76. The third-order valence-corrected chi connectivity index (χ3v) is 4.62. The van der Waals surface area contributed by atoms with Crippen LogP contribution in [0.25, 0.3) is 12.2 Å². The number of fused-ring (bicyclic) bond motifs is 2. The maximum Gasteiger partial charge on any atom is 0.00678 e. The summed E-state index contributed by atoms with van der Waals surface area (Å²) >= 11 is 0. The Hall–Kier alpha value is -2.08. The summed E-state index contributed by atoms with van der Waals surface area (Å²) in [6, 6.07) is 15.5. The van der Waals surface area contributed by atoms with Crippen molar-refractivity contribution in [3.05, 3.63) is 82.4 Å². The average Bonchev–Trinajstić information content (AvgIpc) is 3.05. The van der Waals surface area contributed by atoms with Crippen LogP contribution < -0.4 is 0 Å². The molecule has 0 amide bonds. The third-order valence-electron chi connectivity index (χ3n) is 4.62. The van der Waals surface area contributed by atoms with Crippen molar-refractivity contribution < 1.29 is 0 Å². The molecule has 0 heterocycles. The normalized spacial score (nSPS) is 22.1. The van der Waals surface area contributed by atoms with Gasteiger partial charge in [-0.25, -0.2) is 0 Å². The zero-order chi connectivity index (χ0) is 13.5. The van der Waals surface area contributed by atoms with Gasteiger partial charge in [-0.05, 0) is 40.2 Å². The van der Waals surface area contributed by atoms with Gasteiger partial charge < -0.3 is 0 Å². The molecule has 0 fully saturated rings. The largest absolute Gasteiger partial charge is 0.0767 e. The van der Waals surface area contributed by atoms with Crippen LogP contribution in [0.5, 0.6) is 0 Å². The SMILES string of the molecule is CC1C=Cc2c(CC3C=Cc4ccccc43)cccc21. The lowest BCUT2D eigenvalue weighted by Crippen LogP contribution is -2.01. The van der Waals surface area contributed by atoms with Crippen molar-refractivity contribution in [3.63, 3.8) is 0 Å². The maximum atomic E-state index is 2.35. The van der Waals surface area contributed by atoms with Gasteiger partial charge in [-0.3, -0.25) is 0 Å². The molecule has 0 spiro atoms. The fraction of sp³-hybridized carbons (Fsp3) is 0.200. The topological polar surface area (TPSA) is 0 Å². The predicted molar refractivity (Wildman–Crippen MR) is 85.8 cm³/mol. The minimum absolute atomic E-state index is 0.530. The summed E-state index contributed by atoms with van der Waals surface area (Å²) in [4.78, 5) is 0. The first-order valence-corrected chi connectivity index (χ1v) is 7.40. The molecule has 2 aliphatic carbocycles. The standard InChI is InChI=1S/C20H18/c1-14-9-12-20-16(6-4-8-18(14)20)13-17-11-10-15-5-2-3-7-19(15)17/h2-12,14,17H,13H2,1H3. The van der Waals surface area contributed by atoms with Gasteiger partial charge in [-0.1, -0.05) is 73.7 Å². The van der Waals surface area contributed by atoms with E-state index in [2.05, 4.69) is 73.7 Å². The Bertz CT molecular complexity index is 719. The van der Waals surface area contributed by atoms with E-state index in [0.717, 1.165) is 6.42 Å². The Morgan fingerprint density at radius 1 is 0.850 bits per heavy atom. The molecule has 2 aromatic rings. The lowest BCUT2D eigenvalue weighted by atomic mass is 9.89. The molecule has 0 N–H and O–H groups in total. The fourth-order valence-electron chi connectivity index (χ4n) is 3.49. The Morgan fingerprint density at radius 3 is 2.65 bits per heavy atom. The second-order valence-corrected chi connectivity index (χ2v) is 5.87. The summed E-state index contributed by atoms with van der Waals surface area (Å²) in [6.45, 7) is 2.27. The van der Waals surface area contributed by atoms with E-state index < -0.39 is 0 Å². The van der Waals surface area contributed by atoms with Gasteiger partial charge >= 0.3 is 0 Å². The second-order valence-electron chi connectivity index (χ2n) is 5.87. The summed E-state index contributed by atoms with van der Waals surface area (Å²) in [7, 11) is 0. The van der Waals surface area contributed by atoms with Gasteiger partial charge in [0.2, 0.25) is 0 Å². The second kappa shape index (κ2) is 4.49. The first-order chi connectivity index (χ1) is 9.83. The lowest BCUT2D eigenvalue weighted by Gasteiger charge is -2.14. The molecule has 2 atom stereocenters. The van der Waals surface area contributed by atoms with Crippen LogP contribution in [-0.4, -0.2) is 0 Å². The van der Waals surface area contributed by atoms with Crippen molar-refractivity contribution in [2.75, 3.05) is 0 Å². The monoisotopic (exact) mass is 258 g/mol. The molecule has 2 aliphatic rings. The summed E-state index contributed by atoms with van der Waals surface area (Å²) in [6.07, 6.45) is 10.3. The minimum Gasteiger partial charge on any atom is -0.0767 e. The van der Waals surface area contributed by atoms with Crippen LogP contribution in [0, 0.1) is 0 Å². The first-order valence-electron chi connectivity index (χ1n) is 7.40. The van der Waals surface area contributed by atoms with Crippen molar-refractivity contribution >= 4 is 12.2 Å². The lowest BCUT2D eigenvalue weighted by molar-refractivity contribution is 0.845. The number of hydrogen-bond acceptors (Lipinski definition) is 0. The molecule has 0 saturated carbocycles. The van der Waals surface area contributed by atoms with E-state index in [1.165, 1.54) is 27.8 Å². The molecule has 0 bridgehead atoms. The summed E-state index contributed by atoms with van der Waals surface area (Å²) in [5.74, 6) is 1.10. The van der Waals surface area contributed by atoms with E-state index in [0.29, 0.717) is 11.8 Å². The van der Waals surface area contributed by atoms with E-state index in [4.69, 9.17) is 0 Å². The van der Waals surface area contributed by atoms with Crippen LogP contribution in [0.3, 0.4) is 0 Å². The Balaban J connectivity index is 1.69. The molecular weight excluding hydrogens is 240 g/mol. The molecule has 0 aliphatic heterocycles. The van der Waals surface area contributed by atoms with Crippen molar-refractivity contribution in [1.29, 1.82) is 0 Å². The molecule has 0 radical (unpaired) electrons. The highest BCUT2D eigenvalue weighted by molar-refractivity contribution is 5.67. The Kier molecular flexibility index (Phi) is 2.63. The van der Waals surface area contributed by atoms with Gasteiger partial charge in [0, 0.05) is 5.92 Å². The highest BCUT2D eigenvalue weighted by Gasteiger charge is 2.21. The molecule has 4 rings (SSSR count). The van der Waals surface area contributed by atoms with Crippen LogP contribution in [0.1, 0.15) is 46.6 Å². The molecule has 20 heavy (non-hydrogen) atoms. The summed E-state index contributed by atoms with van der Waals surface area (Å²) < 4.78 is 0. The molecule has 0 heteroatoms. The number of hydrogen-bond donors (Lipinski definition) is 0. The van der Waals surface area contributed by atoms with Crippen LogP contribution >= 0.6 is 0 Å². The molecule has 0 saturated heterocycles. The molecule has 2 aromatic carbocycles. The van der Waals surface area contributed by atoms with E-state index in [9.17, 15) is 0 Å². The quantitative estimate of drug-likeness (QED) is 0.697. The van der Waals surface area contributed by atoms with E-state index in [-0.39, 0.29) is 0 Å². The molecular formula is C20H18. The van der Waals surface area contributed by atoms with E-state index in [1.54, 1.807) is 0 Å². The van der Waals surface area contributed by atoms with Crippen LogP contribution in [0.2, 0.25) is 0 Å². The van der Waals surface area contributed by atoms with Crippen LogP contribution in [0.4, 0.5) is 0 Å². The van der Waals surface area contributed by atoms with Crippen molar-refractivity contribution in [2.45, 2.75) is 25.2 Å². The smallest absolute Gasteiger partial charge is 0.00678 e. The highest BCUT2D eigenvalue weighted by atomic mass is 14.2. The first kappa shape index (κ1) is 11.7. The average molecular weight is 258 g/mol. The zero-order valence-electron chi connectivity index (χ0n) is 11.7. The molecule has 0 nitrogen and oxygen atoms in total. The van der Waals surface area contributed by atoms with E-state index in [1.807, 2.05) is 0 Å². The van der Waals surface area contributed by atoms with Crippen molar-refractivity contribution in [2.24, 2.45) is 0 Å². The Morgan fingerprint density at radius 2 is 1.70 bits per heavy atom. The molecule has 2 unspecified atom stereocenters. The zero-order valence-corrected chi connectivity index (χ0v) is 11.7. The van der Waals surface area contributed by atoms with E-state index >= 15 is 0 Å². The van der Waals surface area contributed by atoms with Gasteiger partial charge in [-0.15, -0.1) is 0 Å². The van der Waals surface area contributed by atoms with Crippen LogP contribution in [0.15, 0.2) is 54.6 Å². The predicted octanol–water partition coefficient (Wildman–Crippen LogP) is 5.17. The highest BCUT2D eigenvalue weighted by Crippen LogP contribution is 2.37. The summed E-state index contributed by atoms with van der Waals surface area (Å²) in [5, 5.41) is 0. The number of allylic oxidation sites excluding steroid dienone is 2. The molecule has 0 aromatic heterocycles. The summed E-state index contributed by atoms with van der Waals surface area (Å²) in [5.41, 5.74) is 7.28.